The lowest BCUT2D eigenvalue weighted by molar-refractivity contribution is -0.117. The maximum Gasteiger partial charge on any atom is 0.129 e. The molecule has 0 aromatic carbocycles. The summed E-state index contributed by atoms with van der Waals surface area (Å²) in [5, 5.41) is 0. The van der Waals surface area contributed by atoms with E-state index in [9.17, 15) is 4.79 Å². The van der Waals surface area contributed by atoms with Crippen LogP contribution in [0.15, 0.2) is 17.1 Å². The summed E-state index contributed by atoms with van der Waals surface area (Å²) in [6, 6.07) is 0.436. The number of allylic oxidation sites excluding steroid dienone is 1. The maximum atomic E-state index is 10.7. The highest BCUT2D eigenvalue weighted by molar-refractivity contribution is 5.75. The third-order valence-electron chi connectivity index (χ3n) is 2.93. The lowest BCUT2D eigenvalue weighted by Crippen LogP contribution is -2.03. The molecule has 0 N–H and O–H groups in total. The van der Waals surface area contributed by atoms with E-state index in [1.807, 2.05) is 6.21 Å². The molecule has 1 aliphatic heterocycles. The van der Waals surface area contributed by atoms with E-state index in [4.69, 9.17) is 0 Å². The van der Waals surface area contributed by atoms with Gasteiger partial charge < -0.3 is 4.79 Å². The lowest BCUT2D eigenvalue weighted by Gasteiger charge is -2.09. The topological polar surface area (TPSA) is 29.4 Å². The Morgan fingerprint density at radius 2 is 2.00 bits per heavy atom. The van der Waals surface area contributed by atoms with E-state index >= 15 is 0 Å². The zero-order chi connectivity index (χ0) is 11.6. The monoisotopic (exact) mass is 221 g/mol. The second kappa shape index (κ2) is 8.26. The molecule has 0 spiro atoms. The minimum absolute atomic E-state index is 0.321. The Labute approximate surface area is 98.8 Å². The number of hydrogen-bond donors (Lipinski definition) is 0. The van der Waals surface area contributed by atoms with Crippen molar-refractivity contribution in [1.82, 2.24) is 0 Å². The van der Waals surface area contributed by atoms with E-state index in [0.29, 0.717) is 11.8 Å². The van der Waals surface area contributed by atoms with Gasteiger partial charge in [-0.15, -0.1) is 0 Å². The number of carbonyl (C=O) groups excluding carboxylic acids is 1. The summed E-state index contributed by atoms with van der Waals surface area (Å²) >= 11 is 0. The summed E-state index contributed by atoms with van der Waals surface area (Å²) in [5.41, 5.74) is 0. The van der Waals surface area contributed by atoms with E-state index in [1.54, 1.807) is 6.92 Å². The smallest absolute Gasteiger partial charge is 0.129 e. The van der Waals surface area contributed by atoms with Crippen molar-refractivity contribution >= 4 is 12.0 Å². The Kier molecular flexibility index (Phi) is 6.78. The number of carbonyl (C=O) groups is 1. The molecule has 0 aliphatic carbocycles. The SMILES string of the molecule is CC(=O)CCCCCCCC1C=CCC=N1. The molecule has 2 heteroatoms. The van der Waals surface area contributed by atoms with Crippen LogP contribution in [0.25, 0.3) is 0 Å². The fourth-order valence-electron chi connectivity index (χ4n) is 1.97. The maximum absolute atomic E-state index is 10.7. The molecule has 0 aromatic rings. The molecule has 90 valence electrons. The molecule has 1 aliphatic rings. The summed E-state index contributed by atoms with van der Waals surface area (Å²) in [5.74, 6) is 0.321. The summed E-state index contributed by atoms with van der Waals surface area (Å²) in [6.07, 6.45) is 15.4. The van der Waals surface area contributed by atoms with Gasteiger partial charge in [-0.1, -0.05) is 37.8 Å². The highest BCUT2D eigenvalue weighted by Gasteiger charge is 2.03. The summed E-state index contributed by atoms with van der Waals surface area (Å²) in [7, 11) is 0. The lowest BCUT2D eigenvalue weighted by atomic mass is 10.0. The van der Waals surface area contributed by atoms with Gasteiger partial charge in [0.2, 0.25) is 0 Å². The quantitative estimate of drug-likeness (QED) is 0.454. The molecule has 0 bridgehead atoms. The van der Waals surface area contributed by atoms with Crippen molar-refractivity contribution in [2.75, 3.05) is 0 Å². The average Bonchev–Trinajstić information content (AvgIpc) is 2.29. The summed E-state index contributed by atoms with van der Waals surface area (Å²) < 4.78 is 0. The summed E-state index contributed by atoms with van der Waals surface area (Å²) in [4.78, 5) is 15.1. The van der Waals surface area contributed by atoms with Crippen LogP contribution < -0.4 is 0 Å². The number of hydrogen-bond acceptors (Lipinski definition) is 2. The third-order valence-corrected chi connectivity index (χ3v) is 2.93. The van der Waals surface area contributed by atoms with Gasteiger partial charge in [-0.2, -0.15) is 0 Å². The van der Waals surface area contributed by atoms with E-state index in [-0.39, 0.29) is 0 Å². The first-order chi connectivity index (χ1) is 7.79. The Balaban J connectivity index is 1.88. The van der Waals surface area contributed by atoms with Crippen molar-refractivity contribution in [3.63, 3.8) is 0 Å². The van der Waals surface area contributed by atoms with Crippen LogP contribution in [0.5, 0.6) is 0 Å². The predicted molar refractivity (Wildman–Crippen MR) is 69.0 cm³/mol. The zero-order valence-electron chi connectivity index (χ0n) is 10.3. The predicted octanol–water partition coefficient (Wildman–Crippen LogP) is 3.71. The highest BCUT2D eigenvalue weighted by atomic mass is 16.1. The number of aliphatic imine (C=N–C) groups is 1. The van der Waals surface area contributed by atoms with Gasteiger partial charge in [0.15, 0.2) is 0 Å². The van der Waals surface area contributed by atoms with Crippen molar-refractivity contribution in [1.29, 1.82) is 0 Å². The molecule has 1 heterocycles. The minimum atomic E-state index is 0.321. The molecule has 0 saturated heterocycles. The number of nitrogens with zero attached hydrogens (tertiary/aromatic N) is 1. The largest absolute Gasteiger partial charge is 0.300 e. The zero-order valence-corrected chi connectivity index (χ0v) is 10.3. The van der Waals surface area contributed by atoms with Crippen LogP contribution >= 0.6 is 0 Å². The van der Waals surface area contributed by atoms with Gasteiger partial charge in [-0.05, 0) is 19.8 Å². The molecular formula is C14H23NO. The van der Waals surface area contributed by atoms with Crippen LogP contribution in [0.1, 0.15) is 58.3 Å². The molecular weight excluding hydrogens is 198 g/mol. The Hall–Kier alpha value is -0.920. The molecule has 1 rings (SSSR count). The van der Waals surface area contributed by atoms with Crippen LogP contribution in [-0.4, -0.2) is 18.0 Å². The van der Waals surface area contributed by atoms with Crippen molar-refractivity contribution in [3.05, 3.63) is 12.2 Å². The first-order valence-electron chi connectivity index (χ1n) is 6.47. The molecule has 0 radical (unpaired) electrons. The van der Waals surface area contributed by atoms with Crippen LogP contribution in [0.4, 0.5) is 0 Å². The molecule has 16 heavy (non-hydrogen) atoms. The Morgan fingerprint density at radius 3 is 2.69 bits per heavy atom. The van der Waals surface area contributed by atoms with Crippen molar-refractivity contribution in [2.45, 2.75) is 64.3 Å². The van der Waals surface area contributed by atoms with Gasteiger partial charge in [0.1, 0.15) is 5.78 Å². The number of dihydropyridines is 1. The number of ketones is 1. The van der Waals surface area contributed by atoms with Gasteiger partial charge in [0.05, 0.1) is 6.04 Å². The molecule has 2 nitrogen and oxygen atoms in total. The fourth-order valence-corrected chi connectivity index (χ4v) is 1.97. The molecule has 0 amide bonds. The van der Waals surface area contributed by atoms with E-state index in [1.165, 1.54) is 32.1 Å². The molecule has 1 unspecified atom stereocenters. The van der Waals surface area contributed by atoms with Crippen molar-refractivity contribution in [3.8, 4) is 0 Å². The first-order valence-corrected chi connectivity index (χ1v) is 6.47. The van der Waals surface area contributed by atoms with Crippen LogP contribution in [0, 0.1) is 0 Å². The Morgan fingerprint density at radius 1 is 1.25 bits per heavy atom. The molecule has 0 aromatic heterocycles. The number of Topliss-reactive ketones (excluding diaryl/α,β-unsaturated/α-hetero) is 1. The van der Waals surface area contributed by atoms with Crippen LogP contribution in [0.2, 0.25) is 0 Å². The van der Waals surface area contributed by atoms with E-state index in [2.05, 4.69) is 17.1 Å². The molecule has 0 fully saturated rings. The van der Waals surface area contributed by atoms with Crippen molar-refractivity contribution < 1.29 is 4.79 Å². The highest BCUT2D eigenvalue weighted by Crippen LogP contribution is 2.12. The standard InChI is InChI=1S/C14H23NO/c1-13(16)9-5-3-2-4-6-10-14-11-7-8-12-15-14/h7,11-12,14H,2-6,8-10H2,1H3. The van der Waals surface area contributed by atoms with Crippen LogP contribution in [-0.2, 0) is 4.79 Å². The Bertz CT molecular complexity index is 243. The normalized spacial score (nSPS) is 18.9. The van der Waals surface area contributed by atoms with Crippen LogP contribution in [0.3, 0.4) is 0 Å². The van der Waals surface area contributed by atoms with Gasteiger partial charge >= 0.3 is 0 Å². The van der Waals surface area contributed by atoms with Gasteiger partial charge in [-0.25, -0.2) is 0 Å². The molecule has 0 saturated carbocycles. The van der Waals surface area contributed by atoms with Gasteiger partial charge in [-0.3, -0.25) is 4.99 Å². The second-order valence-electron chi connectivity index (χ2n) is 4.57. The van der Waals surface area contributed by atoms with E-state index in [0.717, 1.165) is 19.3 Å². The van der Waals surface area contributed by atoms with E-state index < -0.39 is 0 Å². The van der Waals surface area contributed by atoms with Gasteiger partial charge in [0, 0.05) is 19.1 Å². The average molecular weight is 221 g/mol. The second-order valence-corrected chi connectivity index (χ2v) is 4.57. The first kappa shape index (κ1) is 13.1. The minimum Gasteiger partial charge on any atom is -0.300 e. The fraction of sp³-hybridized carbons (Fsp3) is 0.714. The number of rotatable bonds is 8. The van der Waals surface area contributed by atoms with Crippen molar-refractivity contribution in [2.24, 2.45) is 4.99 Å². The third kappa shape index (κ3) is 6.54. The molecule has 1 atom stereocenters. The van der Waals surface area contributed by atoms with Gasteiger partial charge in [0.25, 0.3) is 0 Å². The summed E-state index contributed by atoms with van der Waals surface area (Å²) in [6.45, 7) is 1.67. The number of unbranched alkanes of at least 4 members (excludes halogenated alkanes) is 4.